The molecule has 0 amide bonds. The highest BCUT2D eigenvalue weighted by Gasteiger charge is 2.19. The van der Waals surface area contributed by atoms with Crippen molar-refractivity contribution in [1.82, 2.24) is 9.66 Å². The fourth-order valence-corrected chi connectivity index (χ4v) is 4.82. The maximum absolute atomic E-state index is 13.8. The number of ether oxygens (including phenoxy) is 3. The highest BCUT2D eigenvalue weighted by Crippen LogP contribution is 2.35. The van der Waals surface area contributed by atoms with E-state index < -0.39 is 0 Å². The van der Waals surface area contributed by atoms with Crippen LogP contribution in [-0.2, 0) is 0 Å². The predicted molar refractivity (Wildman–Crippen MR) is 166 cm³/mol. The van der Waals surface area contributed by atoms with E-state index in [-0.39, 0.29) is 17.6 Å². The fourth-order valence-electron chi connectivity index (χ4n) is 4.40. The van der Waals surface area contributed by atoms with Crippen LogP contribution in [-0.4, -0.2) is 35.7 Å². The van der Waals surface area contributed by atoms with Crippen molar-refractivity contribution in [1.29, 1.82) is 0 Å². The van der Waals surface area contributed by atoms with Crippen LogP contribution < -0.4 is 19.8 Å². The van der Waals surface area contributed by atoms with Crippen molar-refractivity contribution in [3.05, 3.63) is 80.0 Å². The molecule has 7 nitrogen and oxygen atoms in total. The standard InChI is InChI=1S/C32H36BrN3O4/c1-8-21(6)40-30-17-26(33)22(15-29(30)38-7)18-34-36-31(35-27-13-11-10-12-23(27)32(36)37)25-16-24(19(3)4)28(39-9-2)14-20(25)5/h10-19,21H,8-9H2,1-7H3/t21-/m0/s1. The topological polar surface area (TPSA) is 74.9 Å². The normalized spacial score (nSPS) is 12.3. The molecule has 0 unspecified atom stereocenters. The molecule has 4 rings (SSSR count). The zero-order chi connectivity index (χ0) is 29.0. The molecule has 3 aromatic carbocycles. The molecule has 0 N–H and O–H groups in total. The second kappa shape index (κ2) is 12.7. The molecule has 0 fully saturated rings. The molecule has 0 aliphatic heterocycles. The lowest BCUT2D eigenvalue weighted by atomic mass is 9.96. The molecule has 1 atom stereocenters. The third-order valence-electron chi connectivity index (χ3n) is 6.77. The van der Waals surface area contributed by atoms with Gasteiger partial charge >= 0.3 is 0 Å². The van der Waals surface area contributed by atoms with E-state index in [9.17, 15) is 4.79 Å². The SMILES string of the molecule is CCOc1cc(C)c(-c2nc3ccccc3c(=O)n2N=Cc2cc(OC)c(O[C@@H](C)CC)cc2Br)cc1C(C)C. The Labute approximate surface area is 243 Å². The Hall–Kier alpha value is -3.65. The van der Waals surface area contributed by atoms with E-state index in [1.54, 1.807) is 19.4 Å². The fraction of sp³-hybridized carbons (Fsp3) is 0.344. The average molecular weight is 607 g/mol. The van der Waals surface area contributed by atoms with Crippen molar-refractivity contribution in [2.75, 3.05) is 13.7 Å². The predicted octanol–water partition coefficient (Wildman–Crippen LogP) is 7.72. The second-order valence-corrected chi connectivity index (χ2v) is 10.8. The molecule has 0 saturated carbocycles. The van der Waals surface area contributed by atoms with Crippen LogP contribution in [0.15, 0.2) is 62.9 Å². The minimum absolute atomic E-state index is 0.0400. The third kappa shape index (κ3) is 6.07. The average Bonchev–Trinajstić information content (AvgIpc) is 2.93. The molecule has 0 saturated heterocycles. The monoisotopic (exact) mass is 605 g/mol. The first kappa shape index (κ1) is 29.3. The summed E-state index contributed by atoms with van der Waals surface area (Å²) in [5.41, 5.74) is 3.89. The first-order valence-corrected chi connectivity index (χ1v) is 14.4. The van der Waals surface area contributed by atoms with Crippen LogP contribution in [0.4, 0.5) is 0 Å². The van der Waals surface area contributed by atoms with Crippen LogP contribution in [0.25, 0.3) is 22.3 Å². The molecule has 1 aromatic heterocycles. The summed E-state index contributed by atoms with van der Waals surface area (Å²) >= 11 is 3.63. The number of halogens is 1. The van der Waals surface area contributed by atoms with Gasteiger partial charge in [-0.15, -0.1) is 0 Å². The number of hydrogen-bond acceptors (Lipinski definition) is 6. The molecule has 1 heterocycles. The van der Waals surface area contributed by atoms with Gasteiger partial charge in [0.15, 0.2) is 17.3 Å². The summed E-state index contributed by atoms with van der Waals surface area (Å²) in [5, 5.41) is 5.17. The molecule has 210 valence electrons. The first-order valence-electron chi connectivity index (χ1n) is 13.6. The second-order valence-electron chi connectivity index (χ2n) is 9.97. The molecule has 8 heteroatoms. The van der Waals surface area contributed by atoms with Gasteiger partial charge in [-0.25, -0.2) is 4.98 Å². The van der Waals surface area contributed by atoms with E-state index in [1.807, 2.05) is 57.2 Å². The summed E-state index contributed by atoms with van der Waals surface area (Å²) in [6.07, 6.45) is 2.54. The van der Waals surface area contributed by atoms with Crippen LogP contribution in [0.2, 0.25) is 0 Å². The minimum atomic E-state index is -0.254. The Bertz CT molecular complexity index is 1610. The molecule has 40 heavy (non-hydrogen) atoms. The molecule has 0 aliphatic rings. The lowest BCUT2D eigenvalue weighted by molar-refractivity contribution is 0.207. The van der Waals surface area contributed by atoms with Crippen molar-refractivity contribution in [3.8, 4) is 28.6 Å². The van der Waals surface area contributed by atoms with Gasteiger partial charge < -0.3 is 14.2 Å². The Balaban J connectivity index is 1.91. The quantitative estimate of drug-likeness (QED) is 0.173. The maximum atomic E-state index is 13.8. The van der Waals surface area contributed by atoms with E-state index in [2.05, 4.69) is 47.9 Å². The summed E-state index contributed by atoms with van der Waals surface area (Å²) in [5.74, 6) is 2.73. The third-order valence-corrected chi connectivity index (χ3v) is 7.46. The van der Waals surface area contributed by atoms with Crippen molar-refractivity contribution < 1.29 is 14.2 Å². The highest BCUT2D eigenvalue weighted by molar-refractivity contribution is 9.10. The van der Waals surface area contributed by atoms with Crippen molar-refractivity contribution in [2.45, 2.75) is 60.0 Å². The molecular formula is C32H36BrN3O4. The molecule has 0 bridgehead atoms. The number of aromatic nitrogens is 2. The zero-order valence-corrected chi connectivity index (χ0v) is 25.7. The van der Waals surface area contributed by atoms with Crippen LogP contribution in [0.1, 0.15) is 63.6 Å². The Morgan fingerprint density at radius 2 is 1.80 bits per heavy atom. The number of benzene rings is 3. The lowest BCUT2D eigenvalue weighted by Gasteiger charge is -2.18. The Morgan fingerprint density at radius 3 is 2.48 bits per heavy atom. The van der Waals surface area contributed by atoms with Gasteiger partial charge in [0, 0.05) is 15.6 Å². The van der Waals surface area contributed by atoms with Gasteiger partial charge in [-0.05, 0) is 96.6 Å². The Morgan fingerprint density at radius 1 is 1.05 bits per heavy atom. The van der Waals surface area contributed by atoms with Crippen molar-refractivity contribution >= 4 is 33.0 Å². The number of nitrogens with zero attached hydrogens (tertiary/aromatic N) is 3. The highest BCUT2D eigenvalue weighted by atomic mass is 79.9. The van der Waals surface area contributed by atoms with E-state index in [0.29, 0.717) is 34.8 Å². The van der Waals surface area contributed by atoms with Crippen molar-refractivity contribution in [2.24, 2.45) is 5.10 Å². The van der Waals surface area contributed by atoms with Crippen LogP contribution in [0.3, 0.4) is 0 Å². The molecule has 4 aromatic rings. The molecule has 0 aliphatic carbocycles. The van der Waals surface area contributed by atoms with E-state index in [4.69, 9.17) is 19.2 Å². The Kier molecular flexibility index (Phi) is 9.30. The van der Waals surface area contributed by atoms with Gasteiger partial charge in [-0.1, -0.05) is 32.9 Å². The van der Waals surface area contributed by atoms with Gasteiger partial charge in [-0.2, -0.15) is 9.78 Å². The number of aryl methyl sites for hydroxylation is 1. The zero-order valence-electron chi connectivity index (χ0n) is 24.1. The van der Waals surface area contributed by atoms with Gasteiger partial charge in [0.1, 0.15) is 5.75 Å². The number of rotatable bonds is 10. The summed E-state index contributed by atoms with van der Waals surface area (Å²) in [7, 11) is 1.60. The first-order chi connectivity index (χ1) is 19.2. The summed E-state index contributed by atoms with van der Waals surface area (Å²) in [6, 6.07) is 15.1. The van der Waals surface area contributed by atoms with Gasteiger partial charge in [0.2, 0.25) is 0 Å². The van der Waals surface area contributed by atoms with Gasteiger partial charge in [0.05, 0.1) is 36.9 Å². The maximum Gasteiger partial charge on any atom is 0.282 e. The van der Waals surface area contributed by atoms with Crippen LogP contribution in [0.5, 0.6) is 17.2 Å². The smallest absolute Gasteiger partial charge is 0.282 e. The summed E-state index contributed by atoms with van der Waals surface area (Å²) in [6.45, 7) is 12.9. The molecular weight excluding hydrogens is 570 g/mol. The minimum Gasteiger partial charge on any atom is -0.494 e. The number of methoxy groups -OCH3 is 1. The summed E-state index contributed by atoms with van der Waals surface area (Å²) < 4.78 is 19.7. The van der Waals surface area contributed by atoms with Gasteiger partial charge in [-0.3, -0.25) is 4.79 Å². The van der Waals surface area contributed by atoms with Crippen LogP contribution in [0, 0.1) is 6.92 Å². The lowest BCUT2D eigenvalue weighted by Crippen LogP contribution is -2.21. The van der Waals surface area contributed by atoms with E-state index >= 15 is 0 Å². The molecule has 0 radical (unpaired) electrons. The van der Waals surface area contributed by atoms with Crippen molar-refractivity contribution in [3.63, 3.8) is 0 Å². The van der Waals surface area contributed by atoms with E-state index in [1.165, 1.54) is 4.68 Å². The number of hydrogen-bond donors (Lipinski definition) is 0. The van der Waals surface area contributed by atoms with Gasteiger partial charge in [0.25, 0.3) is 5.56 Å². The number of fused-ring (bicyclic) bond motifs is 1. The largest absolute Gasteiger partial charge is 0.494 e. The van der Waals surface area contributed by atoms with Crippen LogP contribution >= 0.6 is 15.9 Å². The number of para-hydroxylation sites is 1. The van der Waals surface area contributed by atoms with E-state index in [0.717, 1.165) is 38.9 Å². The molecule has 0 spiro atoms. The summed E-state index contributed by atoms with van der Waals surface area (Å²) in [4.78, 5) is 18.7.